The Bertz CT molecular complexity index is 708. The summed E-state index contributed by atoms with van der Waals surface area (Å²) in [5.74, 6) is -0.186. The van der Waals surface area contributed by atoms with Gasteiger partial charge in [0.2, 0.25) is 5.70 Å². The standard InChI is InChI=1S/C15H15ClN2O2/c1-9(2)13(18(19)20)8-12-7-11-6-4-5-10(3)14(11)17-15(12)16/h4-9H,1-3H3/b13-8-. The number of allylic oxidation sites excluding steroid dienone is 1. The summed E-state index contributed by atoms with van der Waals surface area (Å²) in [4.78, 5) is 15.0. The van der Waals surface area contributed by atoms with Gasteiger partial charge in [-0.1, -0.05) is 43.6 Å². The normalized spacial score (nSPS) is 12.2. The van der Waals surface area contributed by atoms with Crippen LogP contribution < -0.4 is 0 Å². The third-order valence-electron chi connectivity index (χ3n) is 3.13. The van der Waals surface area contributed by atoms with Crippen molar-refractivity contribution in [2.45, 2.75) is 20.8 Å². The molecule has 0 saturated heterocycles. The third-order valence-corrected chi connectivity index (χ3v) is 3.44. The molecule has 20 heavy (non-hydrogen) atoms. The van der Waals surface area contributed by atoms with E-state index in [0.717, 1.165) is 16.5 Å². The second kappa shape index (κ2) is 5.59. The zero-order chi connectivity index (χ0) is 14.9. The fourth-order valence-corrected chi connectivity index (χ4v) is 2.23. The van der Waals surface area contributed by atoms with Gasteiger partial charge in [0, 0.05) is 22.9 Å². The van der Waals surface area contributed by atoms with Crippen LogP contribution in [0.5, 0.6) is 0 Å². The Hall–Kier alpha value is -1.94. The van der Waals surface area contributed by atoms with Crippen LogP contribution >= 0.6 is 11.6 Å². The topological polar surface area (TPSA) is 56.0 Å². The number of benzene rings is 1. The summed E-state index contributed by atoms with van der Waals surface area (Å²) >= 11 is 6.15. The van der Waals surface area contributed by atoms with E-state index in [1.807, 2.05) is 31.2 Å². The van der Waals surface area contributed by atoms with Gasteiger partial charge in [-0.3, -0.25) is 10.1 Å². The lowest BCUT2D eigenvalue weighted by atomic mass is 10.1. The number of hydrogen-bond donors (Lipinski definition) is 0. The molecule has 1 aromatic heterocycles. The van der Waals surface area contributed by atoms with Crippen molar-refractivity contribution in [2.24, 2.45) is 5.92 Å². The lowest BCUT2D eigenvalue weighted by molar-refractivity contribution is -0.431. The smallest absolute Gasteiger partial charge is 0.249 e. The monoisotopic (exact) mass is 290 g/mol. The average molecular weight is 291 g/mol. The molecule has 0 atom stereocenters. The summed E-state index contributed by atoms with van der Waals surface area (Å²) in [6.07, 6.45) is 1.50. The van der Waals surface area contributed by atoms with Gasteiger partial charge in [-0.25, -0.2) is 4.98 Å². The van der Waals surface area contributed by atoms with Gasteiger partial charge in [0.25, 0.3) is 0 Å². The first-order valence-electron chi connectivity index (χ1n) is 6.32. The number of aromatic nitrogens is 1. The highest BCUT2D eigenvalue weighted by atomic mass is 35.5. The molecule has 0 unspecified atom stereocenters. The third kappa shape index (κ3) is 2.80. The Labute approximate surface area is 122 Å². The zero-order valence-corrected chi connectivity index (χ0v) is 12.3. The van der Waals surface area contributed by atoms with Gasteiger partial charge in [-0.15, -0.1) is 0 Å². The van der Waals surface area contributed by atoms with Crippen LogP contribution in [0.4, 0.5) is 0 Å². The van der Waals surface area contributed by atoms with Gasteiger partial charge in [-0.2, -0.15) is 0 Å². The molecule has 0 aliphatic carbocycles. The minimum Gasteiger partial charge on any atom is -0.259 e. The van der Waals surface area contributed by atoms with Crippen LogP contribution in [0.1, 0.15) is 25.0 Å². The van der Waals surface area contributed by atoms with Gasteiger partial charge in [-0.05, 0) is 18.6 Å². The van der Waals surface area contributed by atoms with Crippen molar-refractivity contribution < 1.29 is 4.92 Å². The van der Waals surface area contributed by atoms with Crippen LogP contribution in [-0.4, -0.2) is 9.91 Å². The van der Waals surface area contributed by atoms with Crippen molar-refractivity contribution in [3.63, 3.8) is 0 Å². The van der Waals surface area contributed by atoms with Gasteiger partial charge >= 0.3 is 0 Å². The minimum atomic E-state index is -0.374. The SMILES string of the molecule is Cc1cccc2cc(/C=C(/C(C)C)[N+](=O)[O-])c(Cl)nc12. The van der Waals surface area contributed by atoms with Gasteiger partial charge in [0.1, 0.15) is 5.15 Å². The molecule has 4 nitrogen and oxygen atoms in total. The molecule has 0 aliphatic heterocycles. The number of aryl methyl sites for hydroxylation is 1. The number of para-hydroxylation sites is 1. The Kier molecular flexibility index (Phi) is 4.04. The van der Waals surface area contributed by atoms with Crippen molar-refractivity contribution >= 4 is 28.6 Å². The second-order valence-electron chi connectivity index (χ2n) is 5.00. The van der Waals surface area contributed by atoms with E-state index in [1.165, 1.54) is 6.08 Å². The highest BCUT2D eigenvalue weighted by Gasteiger charge is 2.17. The highest BCUT2D eigenvalue weighted by Crippen LogP contribution is 2.26. The van der Waals surface area contributed by atoms with Crippen LogP contribution in [0.15, 0.2) is 30.0 Å². The van der Waals surface area contributed by atoms with Gasteiger partial charge in [0.05, 0.1) is 10.4 Å². The molecule has 5 heteroatoms. The van der Waals surface area contributed by atoms with Crippen LogP contribution in [0.25, 0.3) is 17.0 Å². The molecule has 0 radical (unpaired) electrons. The Morgan fingerprint density at radius 1 is 1.45 bits per heavy atom. The maximum Gasteiger partial charge on any atom is 0.249 e. The molecule has 0 aliphatic rings. The number of halogens is 1. The van der Waals surface area contributed by atoms with E-state index in [-0.39, 0.29) is 21.7 Å². The molecule has 1 heterocycles. The first kappa shape index (κ1) is 14.5. The molecule has 2 rings (SSSR count). The van der Waals surface area contributed by atoms with Gasteiger partial charge < -0.3 is 0 Å². The predicted molar refractivity (Wildman–Crippen MR) is 81.3 cm³/mol. The molecule has 0 spiro atoms. The molecule has 1 aromatic carbocycles. The zero-order valence-electron chi connectivity index (χ0n) is 11.6. The molecule has 0 amide bonds. The molecular formula is C15H15ClN2O2. The number of rotatable bonds is 3. The fraction of sp³-hybridized carbons (Fsp3) is 0.267. The largest absolute Gasteiger partial charge is 0.259 e. The highest BCUT2D eigenvalue weighted by molar-refractivity contribution is 6.31. The van der Waals surface area contributed by atoms with Crippen LogP contribution in [-0.2, 0) is 0 Å². The molecule has 0 bridgehead atoms. The number of nitro groups is 1. The van der Waals surface area contributed by atoms with E-state index < -0.39 is 0 Å². The minimum absolute atomic E-state index is 0.126. The van der Waals surface area contributed by atoms with Gasteiger partial charge in [0.15, 0.2) is 0 Å². The Balaban J connectivity index is 2.63. The van der Waals surface area contributed by atoms with E-state index in [4.69, 9.17) is 11.6 Å². The summed E-state index contributed by atoms with van der Waals surface area (Å²) in [6.45, 7) is 5.51. The molecule has 0 saturated carbocycles. The van der Waals surface area contributed by atoms with Crippen molar-refractivity contribution in [1.82, 2.24) is 4.98 Å². The number of hydrogen-bond acceptors (Lipinski definition) is 3. The van der Waals surface area contributed by atoms with Crippen LogP contribution in [0.2, 0.25) is 5.15 Å². The number of pyridine rings is 1. The summed E-state index contributed by atoms with van der Waals surface area (Å²) in [5, 5.41) is 12.3. The maximum atomic E-state index is 11.0. The van der Waals surface area contributed by atoms with E-state index in [1.54, 1.807) is 13.8 Å². The number of fused-ring (bicyclic) bond motifs is 1. The Morgan fingerprint density at radius 3 is 2.75 bits per heavy atom. The van der Waals surface area contributed by atoms with Crippen molar-refractivity contribution in [1.29, 1.82) is 0 Å². The Morgan fingerprint density at radius 2 is 2.15 bits per heavy atom. The lowest BCUT2D eigenvalue weighted by Gasteiger charge is -2.06. The molecule has 104 valence electrons. The van der Waals surface area contributed by atoms with Crippen molar-refractivity contribution in [3.05, 3.63) is 56.4 Å². The summed E-state index contributed by atoms with van der Waals surface area (Å²) in [5.41, 5.74) is 2.55. The quantitative estimate of drug-likeness (QED) is 0.476. The van der Waals surface area contributed by atoms with E-state index >= 15 is 0 Å². The van der Waals surface area contributed by atoms with Crippen LogP contribution in [0, 0.1) is 23.0 Å². The summed E-state index contributed by atoms with van der Waals surface area (Å²) in [7, 11) is 0. The van der Waals surface area contributed by atoms with Crippen molar-refractivity contribution in [2.75, 3.05) is 0 Å². The molecule has 0 N–H and O–H groups in total. The summed E-state index contributed by atoms with van der Waals surface area (Å²) in [6, 6.07) is 7.64. The fourth-order valence-electron chi connectivity index (χ4n) is 2.03. The average Bonchev–Trinajstić information content (AvgIpc) is 2.36. The first-order chi connectivity index (χ1) is 9.40. The van der Waals surface area contributed by atoms with E-state index in [9.17, 15) is 10.1 Å². The molecule has 0 fully saturated rings. The predicted octanol–water partition coefficient (Wildman–Crippen LogP) is 4.47. The van der Waals surface area contributed by atoms with Crippen LogP contribution in [0.3, 0.4) is 0 Å². The molecular weight excluding hydrogens is 276 g/mol. The first-order valence-corrected chi connectivity index (χ1v) is 6.70. The second-order valence-corrected chi connectivity index (χ2v) is 5.35. The lowest BCUT2D eigenvalue weighted by Crippen LogP contribution is -2.05. The van der Waals surface area contributed by atoms with E-state index in [2.05, 4.69) is 4.98 Å². The summed E-state index contributed by atoms with van der Waals surface area (Å²) < 4.78 is 0. The number of nitrogens with zero attached hydrogens (tertiary/aromatic N) is 2. The van der Waals surface area contributed by atoms with Crippen molar-refractivity contribution in [3.8, 4) is 0 Å². The maximum absolute atomic E-state index is 11.0. The van der Waals surface area contributed by atoms with E-state index in [0.29, 0.717) is 5.56 Å². The molecule has 2 aromatic rings.